The average Bonchev–Trinajstić information content (AvgIpc) is 2.32. The van der Waals surface area contributed by atoms with Crippen LogP contribution in [0.25, 0.3) is 0 Å². The number of carbonyl (C=O) groups is 1. The van der Waals surface area contributed by atoms with Gasteiger partial charge in [0.05, 0.1) is 0 Å². The van der Waals surface area contributed by atoms with Gasteiger partial charge in [-0.25, -0.2) is 0 Å². The molecule has 0 bridgehead atoms. The molecule has 1 aromatic rings. The van der Waals surface area contributed by atoms with Crippen LogP contribution < -0.4 is 4.90 Å². The van der Waals surface area contributed by atoms with E-state index in [9.17, 15) is 4.79 Å². The van der Waals surface area contributed by atoms with Crippen LogP contribution in [0.15, 0.2) is 12.1 Å². The molecule has 1 aliphatic heterocycles. The summed E-state index contributed by atoms with van der Waals surface area (Å²) in [6, 6.07) is 4.18. The summed E-state index contributed by atoms with van der Waals surface area (Å²) in [5.41, 5.74) is 4.88. The summed E-state index contributed by atoms with van der Waals surface area (Å²) < 4.78 is 0. The van der Waals surface area contributed by atoms with E-state index in [0.717, 1.165) is 30.5 Å². The summed E-state index contributed by atoms with van der Waals surface area (Å²) in [6.07, 6.45) is 3.42. The van der Waals surface area contributed by atoms with Gasteiger partial charge < -0.3 is 4.90 Å². The van der Waals surface area contributed by atoms with Crippen LogP contribution >= 0.6 is 0 Å². The van der Waals surface area contributed by atoms with Crippen LogP contribution in [0, 0.1) is 19.3 Å². The van der Waals surface area contributed by atoms with Gasteiger partial charge in [-0.2, -0.15) is 0 Å². The van der Waals surface area contributed by atoms with E-state index in [2.05, 4.69) is 31.7 Å². The van der Waals surface area contributed by atoms with Crippen LogP contribution in [0.1, 0.15) is 48.2 Å². The summed E-state index contributed by atoms with van der Waals surface area (Å²) in [5, 5.41) is 0. The molecule has 1 heterocycles. The van der Waals surface area contributed by atoms with Gasteiger partial charge in [0.2, 0.25) is 0 Å². The molecule has 1 aliphatic rings. The third kappa shape index (κ3) is 2.58. The molecule has 0 saturated carbocycles. The highest BCUT2D eigenvalue weighted by Gasteiger charge is 2.26. The van der Waals surface area contributed by atoms with E-state index >= 15 is 0 Å². The first-order valence-corrected chi connectivity index (χ1v) is 6.74. The molecule has 0 aliphatic carbocycles. The minimum atomic E-state index is 0.474. The number of aldehydes is 1. The minimum absolute atomic E-state index is 0.474. The summed E-state index contributed by atoms with van der Waals surface area (Å²) in [5.74, 6) is 0. The Morgan fingerprint density at radius 1 is 1.11 bits per heavy atom. The van der Waals surface area contributed by atoms with E-state index < -0.39 is 0 Å². The van der Waals surface area contributed by atoms with Gasteiger partial charge in [0.25, 0.3) is 0 Å². The Bertz CT molecular complexity index is 452. The zero-order chi connectivity index (χ0) is 13.3. The zero-order valence-corrected chi connectivity index (χ0v) is 11.9. The Labute approximate surface area is 110 Å². The number of anilines is 1. The molecule has 98 valence electrons. The van der Waals surface area contributed by atoms with Gasteiger partial charge >= 0.3 is 0 Å². The van der Waals surface area contributed by atoms with Gasteiger partial charge in [-0.1, -0.05) is 13.8 Å². The Kier molecular flexibility index (Phi) is 3.47. The van der Waals surface area contributed by atoms with Crippen molar-refractivity contribution in [2.75, 3.05) is 18.0 Å². The highest BCUT2D eigenvalue weighted by molar-refractivity contribution is 5.79. The Morgan fingerprint density at radius 2 is 1.72 bits per heavy atom. The standard InChI is InChI=1S/C16H23NO/c1-12-10-15(13(2)9-14(12)11-18)17-7-5-16(3,4)6-8-17/h9-11H,5-8H2,1-4H3. The molecular formula is C16H23NO. The molecule has 1 fully saturated rings. The molecule has 0 aromatic heterocycles. The lowest BCUT2D eigenvalue weighted by Crippen LogP contribution is -2.37. The van der Waals surface area contributed by atoms with E-state index in [1.807, 2.05) is 13.0 Å². The monoisotopic (exact) mass is 245 g/mol. The number of benzene rings is 1. The van der Waals surface area contributed by atoms with Crippen molar-refractivity contribution in [3.8, 4) is 0 Å². The molecule has 1 saturated heterocycles. The van der Waals surface area contributed by atoms with Gasteiger partial charge in [0, 0.05) is 24.3 Å². The maximum absolute atomic E-state index is 10.9. The first kappa shape index (κ1) is 13.1. The van der Waals surface area contributed by atoms with Crippen LogP contribution in [0.4, 0.5) is 5.69 Å². The molecule has 2 rings (SSSR count). The SMILES string of the molecule is Cc1cc(N2CCC(C)(C)CC2)c(C)cc1C=O. The number of piperidine rings is 1. The maximum Gasteiger partial charge on any atom is 0.150 e. The van der Waals surface area contributed by atoms with Crippen molar-refractivity contribution in [2.45, 2.75) is 40.5 Å². The van der Waals surface area contributed by atoms with E-state index in [1.54, 1.807) is 0 Å². The molecule has 2 heteroatoms. The number of hydrogen-bond donors (Lipinski definition) is 0. The molecule has 1 aromatic carbocycles. The van der Waals surface area contributed by atoms with Crippen LogP contribution in [-0.4, -0.2) is 19.4 Å². The topological polar surface area (TPSA) is 20.3 Å². The second-order valence-corrected chi connectivity index (χ2v) is 6.26. The van der Waals surface area contributed by atoms with Crippen LogP contribution in [0.2, 0.25) is 0 Å². The van der Waals surface area contributed by atoms with Crippen LogP contribution in [0.5, 0.6) is 0 Å². The van der Waals surface area contributed by atoms with E-state index in [0.29, 0.717) is 5.41 Å². The number of carbonyl (C=O) groups excluding carboxylic acids is 1. The maximum atomic E-state index is 10.9. The van der Waals surface area contributed by atoms with Crippen molar-refractivity contribution in [2.24, 2.45) is 5.41 Å². The lowest BCUT2D eigenvalue weighted by Gasteiger charge is -2.39. The van der Waals surface area contributed by atoms with E-state index in [1.165, 1.54) is 24.1 Å². The first-order chi connectivity index (χ1) is 8.43. The Morgan fingerprint density at radius 3 is 2.28 bits per heavy atom. The van der Waals surface area contributed by atoms with Gasteiger partial charge in [-0.15, -0.1) is 0 Å². The van der Waals surface area contributed by atoms with Crippen molar-refractivity contribution in [1.82, 2.24) is 0 Å². The highest BCUT2D eigenvalue weighted by Crippen LogP contribution is 2.34. The second kappa shape index (κ2) is 4.75. The fourth-order valence-electron chi connectivity index (χ4n) is 2.64. The molecule has 0 amide bonds. The number of aryl methyl sites for hydroxylation is 2. The molecular weight excluding hydrogens is 222 g/mol. The summed E-state index contributed by atoms with van der Waals surface area (Å²) in [6.45, 7) is 11.0. The minimum Gasteiger partial charge on any atom is -0.371 e. The fourth-order valence-corrected chi connectivity index (χ4v) is 2.64. The lowest BCUT2D eigenvalue weighted by molar-refractivity contribution is 0.112. The fraction of sp³-hybridized carbons (Fsp3) is 0.562. The predicted octanol–water partition coefficient (Wildman–Crippen LogP) is 3.74. The summed E-state index contributed by atoms with van der Waals surface area (Å²) in [4.78, 5) is 13.4. The smallest absolute Gasteiger partial charge is 0.150 e. The summed E-state index contributed by atoms with van der Waals surface area (Å²) in [7, 11) is 0. The largest absolute Gasteiger partial charge is 0.371 e. The molecule has 0 spiro atoms. The van der Waals surface area contributed by atoms with E-state index in [4.69, 9.17) is 0 Å². The van der Waals surface area contributed by atoms with Crippen LogP contribution in [-0.2, 0) is 0 Å². The number of nitrogens with zero attached hydrogens (tertiary/aromatic N) is 1. The van der Waals surface area contributed by atoms with Crippen molar-refractivity contribution >= 4 is 12.0 Å². The number of hydrogen-bond acceptors (Lipinski definition) is 2. The Balaban J connectivity index is 2.24. The molecule has 18 heavy (non-hydrogen) atoms. The quantitative estimate of drug-likeness (QED) is 0.740. The normalized spacial score (nSPS) is 18.8. The van der Waals surface area contributed by atoms with Gasteiger partial charge in [-0.3, -0.25) is 4.79 Å². The molecule has 0 radical (unpaired) electrons. The van der Waals surface area contributed by atoms with E-state index in [-0.39, 0.29) is 0 Å². The van der Waals surface area contributed by atoms with Gasteiger partial charge in [0.15, 0.2) is 0 Å². The Hall–Kier alpha value is -1.31. The van der Waals surface area contributed by atoms with Gasteiger partial charge in [0.1, 0.15) is 6.29 Å². The molecule has 0 unspecified atom stereocenters. The third-order valence-electron chi connectivity index (χ3n) is 4.17. The third-order valence-corrected chi connectivity index (χ3v) is 4.17. The molecule has 0 N–H and O–H groups in total. The number of rotatable bonds is 2. The highest BCUT2D eigenvalue weighted by atomic mass is 16.1. The van der Waals surface area contributed by atoms with Crippen molar-refractivity contribution in [1.29, 1.82) is 0 Å². The first-order valence-electron chi connectivity index (χ1n) is 6.74. The zero-order valence-electron chi connectivity index (χ0n) is 11.9. The van der Waals surface area contributed by atoms with Gasteiger partial charge in [-0.05, 0) is 55.4 Å². The summed E-state index contributed by atoms with van der Waals surface area (Å²) >= 11 is 0. The average molecular weight is 245 g/mol. The molecule has 0 atom stereocenters. The van der Waals surface area contributed by atoms with Crippen molar-refractivity contribution in [3.63, 3.8) is 0 Å². The second-order valence-electron chi connectivity index (χ2n) is 6.26. The predicted molar refractivity (Wildman–Crippen MR) is 76.5 cm³/mol. The molecule has 2 nitrogen and oxygen atoms in total. The van der Waals surface area contributed by atoms with Crippen LogP contribution in [0.3, 0.4) is 0 Å². The van der Waals surface area contributed by atoms with Crippen molar-refractivity contribution < 1.29 is 4.79 Å². The van der Waals surface area contributed by atoms with Crippen molar-refractivity contribution in [3.05, 3.63) is 28.8 Å². The lowest BCUT2D eigenvalue weighted by atomic mass is 9.82.